The predicted molar refractivity (Wildman–Crippen MR) is 247 cm³/mol. The summed E-state index contributed by atoms with van der Waals surface area (Å²) in [6.45, 7) is 4.62. The van der Waals surface area contributed by atoms with Crippen molar-refractivity contribution in [3.8, 4) is 67.5 Å². The standard InChI is InChI=1S/C56H37N3O/c1-56(2)48-24-11-10-22-44(48)45-28-27-39(32-49(45)56)54-57-53(58-55(59-54)47-31-37-16-6-7-19-40(37)42-20-8-9-21-43(42)47)38-18-12-17-35(30-38)36-26-29-46-51(33-36)60-50-25-13-23-41(52(46)50)34-14-4-3-5-15-34/h3-33H,1-2H3. The fourth-order valence-corrected chi connectivity index (χ4v) is 9.54. The Morgan fingerprint density at radius 1 is 0.350 bits per heavy atom. The average molecular weight is 768 g/mol. The lowest BCUT2D eigenvalue weighted by Crippen LogP contribution is -2.15. The Bertz CT molecular complexity index is 3530. The summed E-state index contributed by atoms with van der Waals surface area (Å²) in [5.41, 5.74) is 14.0. The van der Waals surface area contributed by atoms with Crippen LogP contribution in [0.3, 0.4) is 0 Å². The van der Waals surface area contributed by atoms with Crippen molar-refractivity contribution in [2.75, 3.05) is 0 Å². The van der Waals surface area contributed by atoms with E-state index in [0.29, 0.717) is 17.5 Å². The number of fused-ring (bicyclic) bond motifs is 9. The van der Waals surface area contributed by atoms with Gasteiger partial charge in [-0.3, -0.25) is 0 Å². The van der Waals surface area contributed by atoms with E-state index in [1.54, 1.807) is 0 Å². The Balaban J connectivity index is 1.02. The van der Waals surface area contributed by atoms with Crippen LogP contribution in [-0.2, 0) is 5.41 Å². The largest absolute Gasteiger partial charge is 0.456 e. The van der Waals surface area contributed by atoms with Gasteiger partial charge in [0.2, 0.25) is 0 Å². The first-order valence-corrected chi connectivity index (χ1v) is 20.5. The van der Waals surface area contributed by atoms with E-state index in [0.717, 1.165) is 60.5 Å². The third kappa shape index (κ3) is 5.34. The van der Waals surface area contributed by atoms with E-state index in [-0.39, 0.29) is 5.41 Å². The van der Waals surface area contributed by atoms with Gasteiger partial charge in [0.05, 0.1) is 0 Å². The number of benzene rings is 9. The molecule has 0 unspecified atom stereocenters. The third-order valence-corrected chi connectivity index (χ3v) is 12.5. The Hall–Kier alpha value is -7.69. The number of aromatic nitrogens is 3. The second-order valence-corrected chi connectivity index (χ2v) is 16.4. The minimum Gasteiger partial charge on any atom is -0.456 e. The molecule has 4 nitrogen and oxygen atoms in total. The maximum atomic E-state index is 6.52. The molecule has 0 spiro atoms. The monoisotopic (exact) mass is 767 g/mol. The molecule has 2 aromatic heterocycles. The van der Waals surface area contributed by atoms with Gasteiger partial charge in [0.15, 0.2) is 17.5 Å². The second-order valence-electron chi connectivity index (χ2n) is 16.4. The maximum Gasteiger partial charge on any atom is 0.164 e. The normalized spacial score (nSPS) is 13.0. The van der Waals surface area contributed by atoms with Crippen molar-refractivity contribution < 1.29 is 4.42 Å². The minimum absolute atomic E-state index is 0.159. The van der Waals surface area contributed by atoms with Crippen molar-refractivity contribution >= 4 is 43.5 Å². The summed E-state index contributed by atoms with van der Waals surface area (Å²) < 4.78 is 6.52. The van der Waals surface area contributed by atoms with E-state index in [1.165, 1.54) is 44.2 Å². The highest BCUT2D eigenvalue weighted by atomic mass is 16.3. The topological polar surface area (TPSA) is 51.8 Å². The summed E-state index contributed by atoms with van der Waals surface area (Å²) >= 11 is 0. The molecule has 1 aliphatic carbocycles. The lowest BCUT2D eigenvalue weighted by Gasteiger charge is -2.21. The van der Waals surface area contributed by atoms with Gasteiger partial charge in [-0.25, -0.2) is 15.0 Å². The van der Waals surface area contributed by atoms with Crippen LogP contribution in [0.1, 0.15) is 25.0 Å². The number of furan rings is 1. The molecule has 9 aromatic carbocycles. The highest BCUT2D eigenvalue weighted by molar-refractivity contribution is 6.14. The van der Waals surface area contributed by atoms with Gasteiger partial charge in [-0.1, -0.05) is 166 Å². The molecule has 0 atom stereocenters. The molecule has 0 aliphatic heterocycles. The first kappa shape index (κ1) is 34.4. The molecule has 1 aliphatic rings. The predicted octanol–water partition coefficient (Wildman–Crippen LogP) is 14.7. The lowest BCUT2D eigenvalue weighted by molar-refractivity contribution is 0.660. The highest BCUT2D eigenvalue weighted by Gasteiger charge is 2.35. The molecule has 0 bridgehead atoms. The van der Waals surface area contributed by atoms with Gasteiger partial charge in [-0.15, -0.1) is 0 Å². The highest BCUT2D eigenvalue weighted by Crippen LogP contribution is 2.49. The summed E-state index contributed by atoms with van der Waals surface area (Å²) in [6, 6.07) is 66.6. The smallest absolute Gasteiger partial charge is 0.164 e. The van der Waals surface area contributed by atoms with E-state index < -0.39 is 0 Å². The van der Waals surface area contributed by atoms with Gasteiger partial charge in [0.25, 0.3) is 0 Å². The molecule has 12 rings (SSSR count). The fourth-order valence-electron chi connectivity index (χ4n) is 9.54. The molecule has 0 fully saturated rings. The number of hydrogen-bond acceptors (Lipinski definition) is 4. The van der Waals surface area contributed by atoms with Gasteiger partial charge in [-0.05, 0) is 102 Å². The zero-order valence-electron chi connectivity index (χ0n) is 33.1. The Morgan fingerprint density at radius 2 is 0.967 bits per heavy atom. The Kier molecular flexibility index (Phi) is 7.54. The van der Waals surface area contributed by atoms with E-state index in [2.05, 4.69) is 196 Å². The van der Waals surface area contributed by atoms with Crippen LogP contribution in [0, 0.1) is 0 Å². The van der Waals surface area contributed by atoms with Crippen LogP contribution >= 0.6 is 0 Å². The van der Waals surface area contributed by atoms with Crippen molar-refractivity contribution in [3.63, 3.8) is 0 Å². The van der Waals surface area contributed by atoms with Gasteiger partial charge in [0.1, 0.15) is 11.2 Å². The van der Waals surface area contributed by atoms with Crippen LogP contribution in [0.2, 0.25) is 0 Å². The summed E-state index contributed by atoms with van der Waals surface area (Å²) in [6.07, 6.45) is 0. The molecule has 4 heteroatoms. The summed E-state index contributed by atoms with van der Waals surface area (Å²) in [4.78, 5) is 15.9. The molecule has 2 heterocycles. The Labute approximate surface area is 347 Å². The van der Waals surface area contributed by atoms with Gasteiger partial charge in [-0.2, -0.15) is 0 Å². The molecule has 0 N–H and O–H groups in total. The van der Waals surface area contributed by atoms with E-state index in [1.807, 2.05) is 6.07 Å². The number of rotatable bonds is 5. The number of hydrogen-bond donors (Lipinski definition) is 0. The molecular formula is C56H37N3O. The molecule has 0 saturated heterocycles. The van der Waals surface area contributed by atoms with E-state index in [9.17, 15) is 0 Å². The quantitative estimate of drug-likeness (QED) is 0.164. The van der Waals surface area contributed by atoms with E-state index >= 15 is 0 Å². The van der Waals surface area contributed by atoms with Crippen molar-refractivity contribution in [2.24, 2.45) is 0 Å². The fraction of sp³-hybridized carbons (Fsp3) is 0.0536. The first-order valence-electron chi connectivity index (χ1n) is 20.5. The van der Waals surface area contributed by atoms with Crippen LogP contribution < -0.4 is 0 Å². The van der Waals surface area contributed by atoms with Crippen molar-refractivity contribution in [1.29, 1.82) is 0 Å². The summed E-state index contributed by atoms with van der Waals surface area (Å²) in [7, 11) is 0. The lowest BCUT2D eigenvalue weighted by atomic mass is 9.82. The molecular weight excluding hydrogens is 731 g/mol. The molecule has 60 heavy (non-hydrogen) atoms. The van der Waals surface area contributed by atoms with Crippen LogP contribution in [0.25, 0.3) is 111 Å². The van der Waals surface area contributed by atoms with Crippen LogP contribution in [-0.4, -0.2) is 15.0 Å². The van der Waals surface area contributed by atoms with Crippen LogP contribution in [0.5, 0.6) is 0 Å². The molecule has 11 aromatic rings. The van der Waals surface area contributed by atoms with E-state index in [4.69, 9.17) is 19.4 Å². The average Bonchev–Trinajstić information content (AvgIpc) is 3.80. The van der Waals surface area contributed by atoms with Crippen molar-refractivity contribution in [1.82, 2.24) is 15.0 Å². The molecule has 0 saturated carbocycles. The van der Waals surface area contributed by atoms with Crippen LogP contribution in [0.15, 0.2) is 192 Å². The third-order valence-electron chi connectivity index (χ3n) is 12.5. The molecule has 0 radical (unpaired) electrons. The van der Waals surface area contributed by atoms with Gasteiger partial charge < -0.3 is 4.42 Å². The SMILES string of the molecule is CC1(C)c2ccccc2-c2ccc(-c3nc(-c4cccc(-c5ccc6c(c5)oc5cccc(-c7ccccc7)c56)c4)nc(-c4cc5ccccc5c5ccccc45)n3)cc21. The zero-order valence-corrected chi connectivity index (χ0v) is 33.1. The minimum atomic E-state index is -0.159. The first-order chi connectivity index (χ1) is 29.5. The summed E-state index contributed by atoms with van der Waals surface area (Å²) in [5, 5.41) is 6.85. The van der Waals surface area contributed by atoms with Gasteiger partial charge >= 0.3 is 0 Å². The van der Waals surface area contributed by atoms with Gasteiger partial charge in [0, 0.05) is 32.9 Å². The zero-order chi connectivity index (χ0) is 40.0. The Morgan fingerprint density at radius 3 is 1.83 bits per heavy atom. The molecule has 0 amide bonds. The maximum absolute atomic E-state index is 6.52. The summed E-state index contributed by atoms with van der Waals surface area (Å²) in [5.74, 6) is 1.91. The second kappa shape index (κ2) is 13.2. The van der Waals surface area contributed by atoms with Crippen molar-refractivity contribution in [2.45, 2.75) is 19.3 Å². The number of nitrogens with zero attached hydrogens (tertiary/aromatic N) is 3. The molecule has 282 valence electrons. The van der Waals surface area contributed by atoms with Crippen molar-refractivity contribution in [3.05, 3.63) is 199 Å². The van der Waals surface area contributed by atoms with Crippen LogP contribution in [0.4, 0.5) is 0 Å².